The van der Waals surface area contributed by atoms with Crippen molar-refractivity contribution in [3.8, 4) is 5.75 Å². The van der Waals surface area contributed by atoms with Crippen LogP contribution in [-0.4, -0.2) is 43.0 Å². The van der Waals surface area contributed by atoms with Crippen LogP contribution in [0.1, 0.15) is 44.1 Å². The molecule has 0 aromatic heterocycles. The molecule has 30 heavy (non-hydrogen) atoms. The van der Waals surface area contributed by atoms with Crippen molar-refractivity contribution < 1.29 is 17.9 Å². The lowest BCUT2D eigenvalue weighted by Gasteiger charge is -2.41. The number of piperidine rings is 1. The molecule has 2 aliphatic rings. The molecule has 1 aliphatic carbocycles. The Labute approximate surface area is 175 Å². The summed E-state index contributed by atoms with van der Waals surface area (Å²) in [6.07, 6.45) is -0.394. The molecule has 1 saturated carbocycles. The number of rotatable bonds is 4. The largest absolute Gasteiger partial charge is 0.497 e. The van der Waals surface area contributed by atoms with Crippen molar-refractivity contribution in [3.63, 3.8) is 0 Å². The molecule has 2 aromatic rings. The maximum atomic E-state index is 13.0. The lowest BCUT2D eigenvalue weighted by molar-refractivity contribution is -0.184. The first-order valence-electron chi connectivity index (χ1n) is 10.8. The summed E-state index contributed by atoms with van der Waals surface area (Å²) in [4.78, 5) is 2.35. The topological polar surface area (TPSA) is 36.3 Å². The van der Waals surface area contributed by atoms with E-state index in [-0.39, 0.29) is 24.8 Å². The first-order chi connectivity index (χ1) is 14.3. The normalized spacial score (nSPS) is 25.9. The van der Waals surface area contributed by atoms with E-state index in [0.29, 0.717) is 18.6 Å². The Morgan fingerprint density at radius 3 is 2.40 bits per heavy atom. The first-order valence-corrected chi connectivity index (χ1v) is 10.8. The highest BCUT2D eigenvalue weighted by Gasteiger charge is 2.42. The van der Waals surface area contributed by atoms with Gasteiger partial charge in [0.25, 0.3) is 0 Å². The quantitative estimate of drug-likeness (QED) is 0.614. The minimum Gasteiger partial charge on any atom is -0.497 e. The monoisotopic (exact) mass is 418 g/mol. The van der Waals surface area contributed by atoms with E-state index >= 15 is 0 Å². The third-order valence-electron chi connectivity index (χ3n) is 6.90. The average Bonchev–Trinajstić information content (AvgIpc) is 2.77. The van der Waals surface area contributed by atoms with E-state index in [9.17, 15) is 13.2 Å². The summed E-state index contributed by atoms with van der Waals surface area (Å²) in [6, 6.07) is 12.2. The van der Waals surface area contributed by atoms with Gasteiger partial charge in [-0.15, -0.1) is 0 Å². The molecule has 0 radical (unpaired) electrons. The second-order valence-corrected chi connectivity index (χ2v) is 8.72. The molecular weight excluding hydrogens is 389 g/mol. The molecule has 1 unspecified atom stereocenters. The lowest BCUT2D eigenvalue weighted by atomic mass is 9.82. The third kappa shape index (κ3) is 4.48. The summed E-state index contributed by atoms with van der Waals surface area (Å²) in [6.45, 7) is 1.71. The molecule has 3 nitrogen and oxygen atoms in total. The first kappa shape index (κ1) is 21.2. The van der Waals surface area contributed by atoms with Gasteiger partial charge < -0.3 is 10.1 Å². The number of benzene rings is 2. The van der Waals surface area contributed by atoms with E-state index in [0.717, 1.165) is 48.0 Å². The van der Waals surface area contributed by atoms with Crippen molar-refractivity contribution in [2.24, 2.45) is 11.8 Å². The summed E-state index contributed by atoms with van der Waals surface area (Å²) >= 11 is 0. The van der Waals surface area contributed by atoms with Crippen LogP contribution in [-0.2, 0) is 0 Å². The minimum atomic E-state index is -4.06. The summed E-state index contributed by atoms with van der Waals surface area (Å²) < 4.78 is 44.2. The number of halogens is 3. The number of fused-ring (bicyclic) bond motifs is 1. The van der Waals surface area contributed by atoms with Crippen molar-refractivity contribution >= 4 is 16.5 Å². The fourth-order valence-corrected chi connectivity index (χ4v) is 5.10. The number of likely N-dealkylation sites (tertiary alicyclic amines) is 1. The van der Waals surface area contributed by atoms with E-state index in [1.807, 2.05) is 30.3 Å². The molecule has 2 fully saturated rings. The molecule has 1 N–H and O–H groups in total. The zero-order chi connectivity index (χ0) is 21.3. The molecule has 1 aliphatic heterocycles. The van der Waals surface area contributed by atoms with Crippen LogP contribution < -0.4 is 4.74 Å². The highest BCUT2D eigenvalue weighted by Crippen LogP contribution is 2.39. The lowest BCUT2D eigenvalue weighted by Crippen LogP contribution is -2.46. The van der Waals surface area contributed by atoms with Crippen LogP contribution in [0.2, 0.25) is 0 Å². The van der Waals surface area contributed by atoms with Crippen LogP contribution in [0.25, 0.3) is 10.8 Å². The molecule has 0 bridgehead atoms. The third-order valence-corrected chi connectivity index (χ3v) is 6.90. The van der Waals surface area contributed by atoms with Gasteiger partial charge in [0.2, 0.25) is 0 Å². The number of ether oxygens (including phenoxy) is 1. The van der Waals surface area contributed by atoms with Gasteiger partial charge >= 0.3 is 6.18 Å². The van der Waals surface area contributed by atoms with Crippen molar-refractivity contribution in [2.45, 2.75) is 50.7 Å². The SMILES string of the molecule is COc1ccc2cc(C(=N)C3CCCN(C4CCC(C(F)(F)F)CC4)C3)ccc2c1. The van der Waals surface area contributed by atoms with E-state index in [1.165, 1.54) is 0 Å². The van der Waals surface area contributed by atoms with Gasteiger partial charge in [0, 0.05) is 24.2 Å². The van der Waals surface area contributed by atoms with Gasteiger partial charge in [0.1, 0.15) is 5.75 Å². The van der Waals surface area contributed by atoms with E-state index in [1.54, 1.807) is 7.11 Å². The molecule has 1 saturated heterocycles. The minimum absolute atomic E-state index is 0.134. The van der Waals surface area contributed by atoms with Gasteiger partial charge in [0.05, 0.1) is 13.0 Å². The standard InChI is InChI=1S/C24H29F3N2O/c1-30-22-11-6-16-13-18(5-4-17(16)14-22)23(28)19-3-2-12-29(15-19)21-9-7-20(8-10-21)24(25,26)27/h4-6,11,13-14,19-21,28H,2-3,7-10,12,15H2,1H3. The van der Waals surface area contributed by atoms with Crippen molar-refractivity contribution in [1.82, 2.24) is 4.90 Å². The molecule has 1 heterocycles. The Balaban J connectivity index is 1.42. The second-order valence-electron chi connectivity index (χ2n) is 8.72. The Bertz CT molecular complexity index is 903. The van der Waals surface area contributed by atoms with E-state index in [2.05, 4.69) is 11.0 Å². The van der Waals surface area contributed by atoms with Crippen LogP contribution in [0.15, 0.2) is 36.4 Å². The van der Waals surface area contributed by atoms with Crippen LogP contribution in [0.4, 0.5) is 13.2 Å². The van der Waals surface area contributed by atoms with Crippen LogP contribution in [0.5, 0.6) is 5.75 Å². The fraction of sp³-hybridized carbons (Fsp3) is 0.542. The number of hydrogen-bond acceptors (Lipinski definition) is 3. The predicted molar refractivity (Wildman–Crippen MR) is 113 cm³/mol. The summed E-state index contributed by atoms with van der Waals surface area (Å²) in [5.74, 6) is -0.188. The van der Waals surface area contributed by atoms with Crippen LogP contribution >= 0.6 is 0 Å². The molecule has 0 amide bonds. The molecule has 1 atom stereocenters. The Hall–Kier alpha value is -2.08. The molecule has 2 aromatic carbocycles. The average molecular weight is 419 g/mol. The highest BCUT2D eigenvalue weighted by atomic mass is 19.4. The van der Waals surface area contributed by atoms with Crippen molar-refractivity contribution in [2.75, 3.05) is 20.2 Å². The zero-order valence-corrected chi connectivity index (χ0v) is 17.3. The van der Waals surface area contributed by atoms with Crippen LogP contribution in [0, 0.1) is 17.2 Å². The van der Waals surface area contributed by atoms with Crippen molar-refractivity contribution in [1.29, 1.82) is 5.41 Å². The van der Waals surface area contributed by atoms with Crippen LogP contribution in [0.3, 0.4) is 0 Å². The molecule has 0 spiro atoms. The van der Waals surface area contributed by atoms with Gasteiger partial charge in [-0.1, -0.05) is 18.2 Å². The van der Waals surface area contributed by atoms with E-state index < -0.39 is 12.1 Å². The summed E-state index contributed by atoms with van der Waals surface area (Å²) in [7, 11) is 1.65. The maximum absolute atomic E-state index is 13.0. The molecule has 6 heteroatoms. The molecule has 162 valence electrons. The van der Waals surface area contributed by atoms with Gasteiger partial charge in [-0.05, 0) is 79.6 Å². The molecular formula is C24H29F3N2O. The van der Waals surface area contributed by atoms with Gasteiger partial charge in [-0.25, -0.2) is 0 Å². The number of methoxy groups -OCH3 is 1. The number of hydrogen-bond donors (Lipinski definition) is 1. The van der Waals surface area contributed by atoms with Gasteiger partial charge in [-0.2, -0.15) is 13.2 Å². The maximum Gasteiger partial charge on any atom is 0.391 e. The number of alkyl halides is 3. The fourth-order valence-electron chi connectivity index (χ4n) is 5.10. The summed E-state index contributed by atoms with van der Waals surface area (Å²) in [5, 5.41) is 11.0. The second kappa shape index (κ2) is 8.58. The van der Waals surface area contributed by atoms with Crippen molar-refractivity contribution in [3.05, 3.63) is 42.0 Å². The smallest absolute Gasteiger partial charge is 0.391 e. The number of nitrogens with one attached hydrogen (secondary N) is 1. The Kier molecular flexibility index (Phi) is 6.05. The van der Waals surface area contributed by atoms with Gasteiger partial charge in [0.15, 0.2) is 0 Å². The van der Waals surface area contributed by atoms with Gasteiger partial charge in [-0.3, -0.25) is 4.90 Å². The predicted octanol–water partition coefficient (Wildman–Crippen LogP) is 6.05. The Morgan fingerprint density at radius 1 is 1.00 bits per heavy atom. The molecule has 4 rings (SSSR count). The number of nitrogens with zero attached hydrogens (tertiary/aromatic N) is 1. The van der Waals surface area contributed by atoms with E-state index in [4.69, 9.17) is 10.1 Å². The Morgan fingerprint density at radius 2 is 1.70 bits per heavy atom. The summed E-state index contributed by atoms with van der Waals surface area (Å²) in [5.41, 5.74) is 1.57. The zero-order valence-electron chi connectivity index (χ0n) is 17.3. The highest BCUT2D eigenvalue weighted by molar-refractivity contribution is 6.03.